The van der Waals surface area contributed by atoms with E-state index in [9.17, 15) is 35.2 Å². The molecule has 3 N–H and O–H groups in total. The highest BCUT2D eigenvalue weighted by Gasteiger charge is 2.48. The van der Waals surface area contributed by atoms with Crippen molar-refractivity contribution in [1.29, 1.82) is 0 Å². The first kappa shape index (κ1) is 28.8. The predicted octanol–water partition coefficient (Wildman–Crippen LogP) is 3.52. The van der Waals surface area contributed by atoms with Crippen LogP contribution < -0.4 is 20.1 Å². The Labute approximate surface area is 239 Å². The number of nitrogens with one attached hydrogen (secondary N) is 3. The standard InChI is InChI=1S/C23H25F5N8O4S2/c1-35-16(6-17(33-35)40-21(25)26)30-22-32-29-9-36(22)11-2-3-15-13(4-11)18(20(41-15)31-19(37)12-5-14(12)24)42(38,39)34-10-7-23(27,28)8-10/h6,9-12,14,21,34H,2-5,7-8H2,1H3,(H,30,32)(H,31,37)/t11-,12?,14?/m0/s1. The zero-order valence-corrected chi connectivity index (χ0v) is 23.5. The average Bonchev–Trinajstić information content (AvgIpc) is 3.16. The third kappa shape index (κ3) is 5.68. The molecule has 3 aromatic rings. The molecule has 3 aliphatic carbocycles. The number of thiophene rings is 1. The fourth-order valence-corrected chi connectivity index (χ4v) is 8.44. The Morgan fingerprint density at radius 1 is 1.29 bits per heavy atom. The first-order valence-electron chi connectivity index (χ1n) is 12.9. The normalized spacial score (nSPS) is 23.4. The Morgan fingerprint density at radius 3 is 2.69 bits per heavy atom. The number of hydrogen-bond donors (Lipinski definition) is 3. The monoisotopic (exact) mass is 636 g/mol. The number of nitrogens with zero attached hydrogens (tertiary/aromatic N) is 5. The summed E-state index contributed by atoms with van der Waals surface area (Å²) in [4.78, 5) is 13.0. The first-order valence-corrected chi connectivity index (χ1v) is 15.2. The second kappa shape index (κ2) is 10.4. The number of anilines is 3. The van der Waals surface area contributed by atoms with Crippen LogP contribution in [0.4, 0.5) is 38.7 Å². The lowest BCUT2D eigenvalue weighted by atomic mass is 9.89. The summed E-state index contributed by atoms with van der Waals surface area (Å²) >= 11 is 1.07. The summed E-state index contributed by atoms with van der Waals surface area (Å²) in [5, 5.41) is 17.4. The zero-order chi connectivity index (χ0) is 30.0. The van der Waals surface area contributed by atoms with Gasteiger partial charge in [0.1, 0.15) is 28.2 Å². The molecule has 1 amide bonds. The molecular weight excluding hydrogens is 611 g/mol. The van der Waals surface area contributed by atoms with E-state index in [1.54, 1.807) is 4.57 Å². The average molecular weight is 637 g/mol. The predicted molar refractivity (Wildman–Crippen MR) is 138 cm³/mol. The van der Waals surface area contributed by atoms with Gasteiger partial charge >= 0.3 is 6.61 Å². The number of hydrogen-bond acceptors (Lipinski definition) is 9. The van der Waals surface area contributed by atoms with E-state index >= 15 is 0 Å². The number of alkyl halides is 5. The molecule has 0 aromatic carbocycles. The largest absolute Gasteiger partial charge is 0.415 e. The van der Waals surface area contributed by atoms with Crippen molar-refractivity contribution < 1.29 is 39.9 Å². The maximum absolute atomic E-state index is 13.6. The summed E-state index contributed by atoms with van der Waals surface area (Å²) in [6, 6.07) is -0.0902. The lowest BCUT2D eigenvalue weighted by Crippen LogP contribution is -2.50. The van der Waals surface area contributed by atoms with E-state index < -0.39 is 59.4 Å². The van der Waals surface area contributed by atoms with Gasteiger partial charge in [0.2, 0.25) is 27.8 Å². The molecule has 228 valence electrons. The fourth-order valence-electron chi connectivity index (χ4n) is 5.23. The third-order valence-corrected chi connectivity index (χ3v) is 10.4. The van der Waals surface area contributed by atoms with E-state index in [1.807, 2.05) is 0 Å². The minimum atomic E-state index is -4.35. The van der Waals surface area contributed by atoms with Crippen LogP contribution in [0.3, 0.4) is 0 Å². The minimum absolute atomic E-state index is 0.0203. The molecule has 6 rings (SSSR count). The molecule has 0 spiro atoms. The number of halogens is 5. The van der Waals surface area contributed by atoms with Crippen LogP contribution >= 0.6 is 11.3 Å². The molecule has 12 nitrogen and oxygen atoms in total. The lowest BCUT2D eigenvalue weighted by molar-refractivity contribution is -0.117. The highest BCUT2D eigenvalue weighted by molar-refractivity contribution is 7.90. The van der Waals surface area contributed by atoms with E-state index in [-0.39, 0.29) is 46.4 Å². The molecule has 0 aliphatic heterocycles. The van der Waals surface area contributed by atoms with Crippen LogP contribution in [0.5, 0.6) is 5.88 Å². The van der Waals surface area contributed by atoms with Gasteiger partial charge in [0.05, 0.1) is 5.92 Å². The van der Waals surface area contributed by atoms with Crippen molar-refractivity contribution in [2.24, 2.45) is 13.0 Å². The minimum Gasteiger partial charge on any atom is -0.415 e. The van der Waals surface area contributed by atoms with Crippen molar-refractivity contribution >= 4 is 44.0 Å². The molecule has 42 heavy (non-hydrogen) atoms. The maximum atomic E-state index is 13.6. The smallest absolute Gasteiger partial charge is 0.388 e. The van der Waals surface area contributed by atoms with Gasteiger partial charge in [0.15, 0.2) is 0 Å². The van der Waals surface area contributed by atoms with Crippen LogP contribution in [0.1, 0.15) is 42.2 Å². The van der Waals surface area contributed by atoms with Crippen LogP contribution in [0.15, 0.2) is 17.3 Å². The van der Waals surface area contributed by atoms with Crippen molar-refractivity contribution in [2.75, 3.05) is 10.6 Å². The molecule has 2 unspecified atom stereocenters. The van der Waals surface area contributed by atoms with Gasteiger partial charge in [0.25, 0.3) is 5.92 Å². The van der Waals surface area contributed by atoms with Crippen LogP contribution in [0.2, 0.25) is 0 Å². The summed E-state index contributed by atoms with van der Waals surface area (Å²) in [6.45, 7) is -3.06. The van der Waals surface area contributed by atoms with Gasteiger partial charge in [-0.25, -0.2) is 31.0 Å². The maximum Gasteiger partial charge on any atom is 0.388 e. The van der Waals surface area contributed by atoms with E-state index in [0.29, 0.717) is 23.3 Å². The number of carbonyl (C=O) groups excluding carboxylic acids is 1. The second-order valence-electron chi connectivity index (χ2n) is 10.5. The van der Waals surface area contributed by atoms with E-state index in [4.69, 9.17) is 0 Å². The Kier molecular flexibility index (Phi) is 7.16. The molecule has 3 aliphatic rings. The molecule has 2 saturated carbocycles. The Bertz CT molecular complexity index is 1620. The van der Waals surface area contributed by atoms with Crippen LogP contribution in [-0.2, 0) is 34.7 Å². The Morgan fingerprint density at radius 2 is 2.02 bits per heavy atom. The molecular formula is C23H25F5N8O4S2. The second-order valence-corrected chi connectivity index (χ2v) is 13.3. The van der Waals surface area contributed by atoms with Crippen molar-refractivity contribution in [3.63, 3.8) is 0 Å². The quantitative estimate of drug-likeness (QED) is 0.287. The fraction of sp³-hybridized carbons (Fsp3) is 0.565. The lowest BCUT2D eigenvalue weighted by Gasteiger charge is -2.35. The molecule has 3 heterocycles. The van der Waals surface area contributed by atoms with Crippen molar-refractivity contribution in [3.05, 3.63) is 22.8 Å². The van der Waals surface area contributed by atoms with Crippen molar-refractivity contribution in [2.45, 2.75) is 74.2 Å². The molecule has 3 aromatic heterocycles. The van der Waals surface area contributed by atoms with E-state index in [2.05, 4.69) is 35.4 Å². The summed E-state index contributed by atoms with van der Waals surface area (Å²) in [5.74, 6) is -4.28. The third-order valence-electron chi connectivity index (χ3n) is 7.43. The number of amides is 1. The number of aryl methyl sites for hydroxylation is 2. The number of carbonyl (C=O) groups is 1. The molecule has 2 fully saturated rings. The molecule has 0 bridgehead atoms. The number of fused-ring (bicyclic) bond motifs is 1. The Balaban J connectivity index is 1.28. The Hall–Kier alpha value is -3.32. The van der Waals surface area contributed by atoms with Crippen LogP contribution in [0.25, 0.3) is 0 Å². The van der Waals surface area contributed by atoms with E-state index in [1.165, 1.54) is 24.1 Å². The summed E-state index contributed by atoms with van der Waals surface area (Å²) in [7, 11) is -2.85. The highest BCUT2D eigenvalue weighted by Crippen LogP contribution is 2.46. The SMILES string of the molecule is Cn1nc(OC(F)F)cc1Nc1nncn1[C@H]1CCc2sc(NC(=O)C3CC3F)c(S(=O)(=O)NC3CC(F)(F)C3)c2C1. The highest BCUT2D eigenvalue weighted by atomic mass is 32.2. The number of ether oxygens (including phenoxy) is 1. The summed E-state index contributed by atoms with van der Waals surface area (Å²) in [6.07, 6.45) is 0.00183. The molecule has 0 saturated heterocycles. The molecule has 0 radical (unpaired) electrons. The number of aromatic nitrogens is 5. The van der Waals surface area contributed by atoms with Crippen LogP contribution in [-0.4, -0.2) is 63.6 Å². The summed E-state index contributed by atoms with van der Waals surface area (Å²) in [5.41, 5.74) is 0.408. The van der Waals surface area contributed by atoms with Gasteiger partial charge in [-0.1, -0.05) is 0 Å². The van der Waals surface area contributed by atoms with Gasteiger partial charge in [-0.3, -0.25) is 9.36 Å². The van der Waals surface area contributed by atoms with Crippen LogP contribution in [0, 0.1) is 5.92 Å². The number of rotatable bonds is 10. The zero-order valence-electron chi connectivity index (χ0n) is 21.9. The topological polar surface area (TPSA) is 145 Å². The van der Waals surface area contributed by atoms with E-state index in [0.717, 1.165) is 11.3 Å². The van der Waals surface area contributed by atoms with Gasteiger partial charge < -0.3 is 15.4 Å². The van der Waals surface area contributed by atoms with Crippen molar-refractivity contribution in [1.82, 2.24) is 29.3 Å². The van der Waals surface area contributed by atoms with Gasteiger partial charge in [-0.2, -0.15) is 8.78 Å². The van der Waals surface area contributed by atoms with Gasteiger partial charge in [-0.15, -0.1) is 26.6 Å². The number of sulfonamides is 1. The van der Waals surface area contributed by atoms with Gasteiger partial charge in [-0.05, 0) is 31.2 Å². The van der Waals surface area contributed by atoms with Crippen molar-refractivity contribution in [3.8, 4) is 5.88 Å². The molecule has 3 atom stereocenters. The van der Waals surface area contributed by atoms with Gasteiger partial charge in [0, 0.05) is 42.9 Å². The molecule has 19 heteroatoms. The first-order chi connectivity index (χ1) is 19.8. The summed E-state index contributed by atoms with van der Waals surface area (Å²) < 4.78 is 102.